The van der Waals surface area contributed by atoms with Crippen molar-refractivity contribution in [3.63, 3.8) is 0 Å². The van der Waals surface area contributed by atoms with Gasteiger partial charge in [-0.2, -0.15) is 0 Å². The van der Waals surface area contributed by atoms with Crippen LogP contribution in [0.3, 0.4) is 0 Å². The van der Waals surface area contributed by atoms with Crippen LogP contribution in [-0.2, 0) is 0 Å². The third-order valence-electron chi connectivity index (χ3n) is 1.56. The summed E-state index contributed by atoms with van der Waals surface area (Å²) in [6.45, 7) is 1.77. The molecule has 0 aliphatic heterocycles. The molecule has 0 bridgehead atoms. The second-order valence-corrected chi connectivity index (χ2v) is 3.13. The summed E-state index contributed by atoms with van der Waals surface area (Å²) in [7, 11) is 0. The van der Waals surface area contributed by atoms with E-state index in [-0.39, 0.29) is 5.02 Å². The fourth-order valence-corrected chi connectivity index (χ4v) is 1.08. The summed E-state index contributed by atoms with van der Waals surface area (Å²) in [5.41, 5.74) is 0.434. The number of carbonyl (C=O) groups excluding carboxylic acids is 1. The normalized spacial score (nSPS) is 10.3. The van der Waals surface area contributed by atoms with Crippen LogP contribution in [-0.4, -0.2) is 6.03 Å². The van der Waals surface area contributed by atoms with Gasteiger partial charge in [0.05, 0.1) is 5.02 Å². The highest BCUT2D eigenvalue weighted by molar-refractivity contribution is 6.31. The molecule has 0 heterocycles. The SMILES string of the molecule is C/C=C/NC(=O)Nc1ccc(F)c(Cl)c1. The Hall–Kier alpha value is -1.55. The maximum atomic E-state index is 12.8. The smallest absolute Gasteiger partial charge is 0.315 e. The van der Waals surface area contributed by atoms with Crippen molar-refractivity contribution >= 4 is 23.3 Å². The van der Waals surface area contributed by atoms with E-state index in [1.165, 1.54) is 24.4 Å². The van der Waals surface area contributed by atoms with E-state index >= 15 is 0 Å². The number of anilines is 1. The summed E-state index contributed by atoms with van der Waals surface area (Å²) >= 11 is 5.54. The van der Waals surface area contributed by atoms with Gasteiger partial charge >= 0.3 is 6.03 Å². The van der Waals surface area contributed by atoms with E-state index in [0.29, 0.717) is 5.69 Å². The van der Waals surface area contributed by atoms with Crippen molar-refractivity contribution in [1.29, 1.82) is 0 Å². The Morgan fingerprint density at radius 2 is 2.27 bits per heavy atom. The number of carbonyl (C=O) groups is 1. The van der Waals surface area contributed by atoms with Gasteiger partial charge < -0.3 is 10.6 Å². The van der Waals surface area contributed by atoms with Crippen molar-refractivity contribution in [2.75, 3.05) is 5.32 Å². The zero-order valence-electron chi connectivity index (χ0n) is 8.05. The second-order valence-electron chi connectivity index (χ2n) is 2.73. The summed E-state index contributed by atoms with van der Waals surface area (Å²) in [5, 5.41) is 4.91. The van der Waals surface area contributed by atoms with Gasteiger partial charge in [-0.1, -0.05) is 17.7 Å². The molecule has 80 valence electrons. The number of amides is 2. The molecular weight excluding hydrogens is 219 g/mol. The van der Waals surface area contributed by atoms with Crippen LogP contribution in [0, 0.1) is 5.82 Å². The van der Waals surface area contributed by atoms with E-state index < -0.39 is 11.8 Å². The van der Waals surface area contributed by atoms with Crippen LogP contribution in [0.1, 0.15) is 6.92 Å². The molecule has 15 heavy (non-hydrogen) atoms. The van der Waals surface area contributed by atoms with Crippen LogP contribution in [0.5, 0.6) is 0 Å². The summed E-state index contributed by atoms with van der Waals surface area (Å²) < 4.78 is 12.8. The molecule has 0 unspecified atom stereocenters. The van der Waals surface area contributed by atoms with Crippen molar-refractivity contribution in [2.45, 2.75) is 6.92 Å². The molecule has 2 amide bonds. The molecule has 1 aromatic rings. The second kappa shape index (κ2) is 5.36. The highest BCUT2D eigenvalue weighted by atomic mass is 35.5. The van der Waals surface area contributed by atoms with Crippen LogP contribution in [0.2, 0.25) is 5.02 Å². The summed E-state index contributed by atoms with van der Waals surface area (Å²) in [6.07, 6.45) is 3.16. The van der Waals surface area contributed by atoms with Crippen LogP contribution in [0.25, 0.3) is 0 Å². The van der Waals surface area contributed by atoms with Gasteiger partial charge in [0.2, 0.25) is 0 Å². The number of urea groups is 1. The molecule has 1 aromatic carbocycles. The lowest BCUT2D eigenvalue weighted by molar-refractivity contribution is 0.255. The predicted molar refractivity (Wildman–Crippen MR) is 58.4 cm³/mol. The van der Waals surface area contributed by atoms with Crippen molar-refractivity contribution in [3.05, 3.63) is 41.3 Å². The molecular formula is C10H10ClFN2O. The van der Waals surface area contributed by atoms with E-state index in [1.807, 2.05) is 0 Å². The number of hydrogen-bond donors (Lipinski definition) is 2. The number of hydrogen-bond acceptors (Lipinski definition) is 1. The third-order valence-corrected chi connectivity index (χ3v) is 1.85. The number of rotatable bonds is 2. The molecule has 0 atom stereocenters. The molecule has 5 heteroatoms. The molecule has 1 rings (SSSR count). The average Bonchev–Trinajstić information content (AvgIpc) is 2.20. The molecule has 2 N–H and O–H groups in total. The van der Waals surface area contributed by atoms with Gasteiger partial charge in [-0.15, -0.1) is 0 Å². The molecule has 0 aliphatic carbocycles. The Bertz CT molecular complexity index is 393. The van der Waals surface area contributed by atoms with E-state index in [4.69, 9.17) is 11.6 Å². The maximum absolute atomic E-state index is 12.8. The lowest BCUT2D eigenvalue weighted by Gasteiger charge is -2.04. The molecule has 0 saturated heterocycles. The summed E-state index contributed by atoms with van der Waals surface area (Å²) in [6, 6.07) is 3.55. The first kappa shape index (κ1) is 11.5. The quantitative estimate of drug-likeness (QED) is 0.802. The molecule has 0 aromatic heterocycles. The van der Waals surface area contributed by atoms with E-state index in [2.05, 4.69) is 10.6 Å². The van der Waals surface area contributed by atoms with Gasteiger partial charge in [0, 0.05) is 11.9 Å². The monoisotopic (exact) mass is 228 g/mol. The Balaban J connectivity index is 2.65. The van der Waals surface area contributed by atoms with Gasteiger partial charge in [0.25, 0.3) is 0 Å². The minimum atomic E-state index is -0.518. The Morgan fingerprint density at radius 1 is 1.53 bits per heavy atom. The van der Waals surface area contributed by atoms with Gasteiger partial charge in [-0.25, -0.2) is 9.18 Å². The van der Waals surface area contributed by atoms with Gasteiger partial charge in [0.15, 0.2) is 0 Å². The van der Waals surface area contributed by atoms with Crippen LogP contribution < -0.4 is 10.6 Å². The van der Waals surface area contributed by atoms with Gasteiger partial charge in [0.1, 0.15) is 5.82 Å². The van der Waals surface area contributed by atoms with Crippen molar-refractivity contribution in [1.82, 2.24) is 5.32 Å². The lowest BCUT2D eigenvalue weighted by atomic mass is 10.3. The number of halogens is 2. The highest BCUT2D eigenvalue weighted by Gasteiger charge is 2.03. The van der Waals surface area contributed by atoms with Gasteiger partial charge in [-0.3, -0.25) is 0 Å². The minimum Gasteiger partial charge on any atom is -0.315 e. The molecule has 0 spiro atoms. The first-order valence-corrected chi connectivity index (χ1v) is 4.65. The average molecular weight is 229 g/mol. The third kappa shape index (κ3) is 3.59. The first-order chi connectivity index (χ1) is 7.13. The van der Waals surface area contributed by atoms with Crippen LogP contribution in [0.15, 0.2) is 30.5 Å². The number of nitrogens with one attached hydrogen (secondary N) is 2. The molecule has 0 aliphatic rings. The van der Waals surface area contributed by atoms with Crippen molar-refractivity contribution in [2.24, 2.45) is 0 Å². The summed E-state index contributed by atoms with van der Waals surface area (Å²) in [4.78, 5) is 11.2. The van der Waals surface area contributed by atoms with Crippen LogP contribution >= 0.6 is 11.6 Å². The molecule has 0 fully saturated rings. The van der Waals surface area contributed by atoms with E-state index in [0.717, 1.165) is 0 Å². The van der Waals surface area contributed by atoms with Crippen LogP contribution in [0.4, 0.5) is 14.9 Å². The molecule has 0 radical (unpaired) electrons. The standard InChI is InChI=1S/C10H10ClFN2O/c1-2-5-13-10(15)14-7-3-4-9(12)8(11)6-7/h2-6H,1H3,(H2,13,14,15)/b5-2+. The van der Waals surface area contributed by atoms with E-state index in [9.17, 15) is 9.18 Å². The maximum Gasteiger partial charge on any atom is 0.323 e. The predicted octanol–water partition coefficient (Wildman–Crippen LogP) is 3.13. The Labute approximate surface area is 91.9 Å². The zero-order valence-corrected chi connectivity index (χ0v) is 8.81. The fraction of sp³-hybridized carbons (Fsp3) is 0.100. The Kier molecular flexibility index (Phi) is 4.12. The highest BCUT2D eigenvalue weighted by Crippen LogP contribution is 2.18. The molecule has 0 saturated carbocycles. The summed E-state index contributed by atoms with van der Waals surface area (Å²) in [5.74, 6) is -0.518. The zero-order chi connectivity index (χ0) is 11.3. The van der Waals surface area contributed by atoms with Gasteiger partial charge in [-0.05, 0) is 25.1 Å². The van der Waals surface area contributed by atoms with Crippen molar-refractivity contribution < 1.29 is 9.18 Å². The van der Waals surface area contributed by atoms with E-state index in [1.54, 1.807) is 13.0 Å². The lowest BCUT2D eigenvalue weighted by Crippen LogP contribution is -2.23. The Morgan fingerprint density at radius 3 is 2.87 bits per heavy atom. The number of benzene rings is 1. The molecule has 3 nitrogen and oxygen atoms in total. The minimum absolute atomic E-state index is 0.0289. The number of allylic oxidation sites excluding steroid dienone is 1. The fourth-order valence-electron chi connectivity index (χ4n) is 0.900. The van der Waals surface area contributed by atoms with Crippen molar-refractivity contribution in [3.8, 4) is 0 Å². The first-order valence-electron chi connectivity index (χ1n) is 4.27. The topological polar surface area (TPSA) is 41.1 Å². The largest absolute Gasteiger partial charge is 0.323 e.